The van der Waals surface area contributed by atoms with Crippen LogP contribution in [0.5, 0.6) is 0 Å². The van der Waals surface area contributed by atoms with Gasteiger partial charge in [-0.2, -0.15) is 0 Å². The molecule has 0 fully saturated rings. The average Bonchev–Trinajstić information content (AvgIpc) is 2.87. The van der Waals surface area contributed by atoms with Gasteiger partial charge in [0.25, 0.3) is 0 Å². The largest absolute Gasteiger partial charge is 0.383 e. The Kier molecular flexibility index (Phi) is 2.82. The summed E-state index contributed by atoms with van der Waals surface area (Å²) in [6.07, 6.45) is 0. The monoisotopic (exact) mass is 252 g/mol. The van der Waals surface area contributed by atoms with E-state index >= 15 is 0 Å². The van der Waals surface area contributed by atoms with Gasteiger partial charge in [-0.15, -0.1) is 11.3 Å². The summed E-state index contributed by atoms with van der Waals surface area (Å²) in [5, 5.41) is 3.29. The van der Waals surface area contributed by atoms with Crippen LogP contribution in [0.4, 0.5) is 5.69 Å². The summed E-state index contributed by atoms with van der Waals surface area (Å²) in [6.45, 7) is 0. The molecule has 0 unspecified atom stereocenters. The first-order chi connectivity index (χ1) is 8.83. The van der Waals surface area contributed by atoms with Gasteiger partial charge in [0.1, 0.15) is 5.84 Å². The summed E-state index contributed by atoms with van der Waals surface area (Å²) in [4.78, 5) is 4.46. The zero-order valence-corrected chi connectivity index (χ0v) is 10.5. The number of thiophene rings is 1. The minimum Gasteiger partial charge on any atom is -0.383 e. The molecule has 0 amide bonds. The van der Waals surface area contributed by atoms with E-state index < -0.39 is 0 Å². The highest BCUT2D eigenvalue weighted by Gasteiger charge is 1.99. The first-order valence-electron chi connectivity index (χ1n) is 5.70. The van der Waals surface area contributed by atoms with Crippen LogP contribution in [0, 0.1) is 0 Å². The van der Waals surface area contributed by atoms with Gasteiger partial charge in [-0.25, -0.2) is 4.99 Å². The van der Waals surface area contributed by atoms with Crippen molar-refractivity contribution in [2.45, 2.75) is 0 Å². The first-order valence-corrected chi connectivity index (χ1v) is 6.58. The standard InChI is InChI=1S/C15H12N2S/c16-15(11-4-2-1-3-5-11)17-13-6-7-14-12(10-13)8-9-18-14/h1-10H,(H2,16,17). The van der Waals surface area contributed by atoms with Crippen LogP contribution in [-0.2, 0) is 0 Å². The van der Waals surface area contributed by atoms with E-state index in [-0.39, 0.29) is 0 Å². The van der Waals surface area contributed by atoms with Gasteiger partial charge in [-0.1, -0.05) is 30.3 Å². The minimum atomic E-state index is 0.546. The van der Waals surface area contributed by atoms with Gasteiger partial charge < -0.3 is 5.73 Å². The van der Waals surface area contributed by atoms with Gasteiger partial charge >= 0.3 is 0 Å². The molecule has 18 heavy (non-hydrogen) atoms. The van der Waals surface area contributed by atoms with E-state index in [1.54, 1.807) is 11.3 Å². The van der Waals surface area contributed by atoms with Gasteiger partial charge in [0, 0.05) is 10.3 Å². The second kappa shape index (κ2) is 4.63. The van der Waals surface area contributed by atoms with Crippen molar-refractivity contribution in [1.29, 1.82) is 0 Å². The lowest BCUT2D eigenvalue weighted by molar-refractivity contribution is 1.47. The molecule has 2 nitrogen and oxygen atoms in total. The third kappa shape index (κ3) is 2.13. The number of aliphatic imine (C=N–C) groups is 1. The third-order valence-corrected chi connectivity index (χ3v) is 3.65. The number of fused-ring (bicyclic) bond motifs is 1. The fraction of sp³-hybridized carbons (Fsp3) is 0. The van der Waals surface area contributed by atoms with Crippen molar-refractivity contribution in [2.24, 2.45) is 10.7 Å². The highest BCUT2D eigenvalue weighted by Crippen LogP contribution is 2.25. The summed E-state index contributed by atoms with van der Waals surface area (Å²) in [6, 6.07) is 18.0. The SMILES string of the molecule is NC(=Nc1ccc2sccc2c1)c1ccccc1. The molecular weight excluding hydrogens is 240 g/mol. The van der Waals surface area contributed by atoms with Gasteiger partial charge in [-0.3, -0.25) is 0 Å². The molecule has 1 heterocycles. The number of amidine groups is 1. The average molecular weight is 252 g/mol. The summed E-state index contributed by atoms with van der Waals surface area (Å²) in [7, 11) is 0. The Morgan fingerprint density at radius 3 is 2.67 bits per heavy atom. The van der Waals surface area contributed by atoms with Crippen molar-refractivity contribution >= 4 is 32.9 Å². The van der Waals surface area contributed by atoms with E-state index in [2.05, 4.69) is 28.6 Å². The molecule has 0 aliphatic heterocycles. The molecule has 0 bridgehead atoms. The topological polar surface area (TPSA) is 38.4 Å². The number of hydrogen-bond donors (Lipinski definition) is 1. The molecule has 0 saturated heterocycles. The maximum absolute atomic E-state index is 6.00. The molecule has 1 aromatic heterocycles. The lowest BCUT2D eigenvalue weighted by atomic mass is 10.2. The minimum absolute atomic E-state index is 0.546. The van der Waals surface area contributed by atoms with Crippen molar-refractivity contribution in [2.75, 3.05) is 0 Å². The van der Waals surface area contributed by atoms with Crippen LogP contribution in [0.1, 0.15) is 5.56 Å². The second-order valence-electron chi connectivity index (χ2n) is 4.01. The molecule has 0 saturated carbocycles. The number of nitrogens with two attached hydrogens (primary N) is 1. The lowest BCUT2D eigenvalue weighted by Crippen LogP contribution is -2.12. The van der Waals surface area contributed by atoms with Crippen LogP contribution in [-0.4, -0.2) is 5.84 Å². The van der Waals surface area contributed by atoms with Gasteiger partial charge in [0.15, 0.2) is 0 Å². The molecule has 2 aromatic carbocycles. The van der Waals surface area contributed by atoms with Crippen molar-refractivity contribution in [3.05, 3.63) is 65.5 Å². The highest BCUT2D eigenvalue weighted by atomic mass is 32.1. The van der Waals surface area contributed by atoms with Crippen molar-refractivity contribution in [3.63, 3.8) is 0 Å². The number of rotatable bonds is 2. The maximum atomic E-state index is 6.00. The predicted octanol–water partition coefficient (Wildman–Crippen LogP) is 3.94. The number of nitrogens with zero attached hydrogens (tertiary/aromatic N) is 1. The summed E-state index contributed by atoms with van der Waals surface area (Å²) < 4.78 is 1.27. The summed E-state index contributed by atoms with van der Waals surface area (Å²) in [5.41, 5.74) is 7.84. The van der Waals surface area contributed by atoms with Crippen LogP contribution >= 0.6 is 11.3 Å². The number of benzene rings is 2. The molecule has 2 N–H and O–H groups in total. The van der Waals surface area contributed by atoms with Crippen molar-refractivity contribution in [1.82, 2.24) is 0 Å². The Morgan fingerprint density at radius 1 is 1.00 bits per heavy atom. The van der Waals surface area contributed by atoms with Crippen LogP contribution < -0.4 is 5.73 Å². The molecule has 3 rings (SSSR count). The van der Waals surface area contributed by atoms with Gasteiger partial charge in [0.2, 0.25) is 0 Å². The molecular formula is C15H12N2S. The molecule has 0 aliphatic rings. The van der Waals surface area contributed by atoms with E-state index in [9.17, 15) is 0 Å². The molecule has 3 heteroatoms. The van der Waals surface area contributed by atoms with Gasteiger partial charge in [-0.05, 0) is 35.0 Å². The molecule has 88 valence electrons. The first kappa shape index (κ1) is 11.0. The van der Waals surface area contributed by atoms with E-state index in [1.807, 2.05) is 36.4 Å². The van der Waals surface area contributed by atoms with Crippen LogP contribution in [0.15, 0.2) is 65.0 Å². The summed E-state index contributed by atoms with van der Waals surface area (Å²) >= 11 is 1.73. The fourth-order valence-corrected chi connectivity index (χ4v) is 2.61. The van der Waals surface area contributed by atoms with Crippen LogP contribution in [0.3, 0.4) is 0 Å². The van der Waals surface area contributed by atoms with E-state index in [0.717, 1.165) is 11.3 Å². The Hall–Kier alpha value is -2.13. The highest BCUT2D eigenvalue weighted by molar-refractivity contribution is 7.17. The Balaban J connectivity index is 2.00. The molecule has 0 aliphatic carbocycles. The smallest absolute Gasteiger partial charge is 0.131 e. The number of hydrogen-bond acceptors (Lipinski definition) is 2. The Morgan fingerprint density at radius 2 is 1.83 bits per heavy atom. The third-order valence-electron chi connectivity index (χ3n) is 2.76. The van der Waals surface area contributed by atoms with Crippen molar-refractivity contribution in [3.8, 4) is 0 Å². The normalized spacial score (nSPS) is 11.9. The molecule has 3 aromatic rings. The fourth-order valence-electron chi connectivity index (χ4n) is 1.84. The Labute approximate surface area is 109 Å². The van der Waals surface area contributed by atoms with Crippen LogP contribution in [0.25, 0.3) is 10.1 Å². The second-order valence-corrected chi connectivity index (χ2v) is 4.95. The van der Waals surface area contributed by atoms with E-state index in [0.29, 0.717) is 5.84 Å². The molecule has 0 radical (unpaired) electrons. The molecule has 0 atom stereocenters. The Bertz CT molecular complexity index is 699. The van der Waals surface area contributed by atoms with E-state index in [1.165, 1.54) is 10.1 Å². The van der Waals surface area contributed by atoms with Crippen LogP contribution in [0.2, 0.25) is 0 Å². The van der Waals surface area contributed by atoms with Crippen molar-refractivity contribution < 1.29 is 0 Å². The van der Waals surface area contributed by atoms with Gasteiger partial charge in [0.05, 0.1) is 5.69 Å². The zero-order chi connectivity index (χ0) is 12.4. The van der Waals surface area contributed by atoms with E-state index in [4.69, 9.17) is 5.73 Å². The predicted molar refractivity (Wildman–Crippen MR) is 78.7 cm³/mol. The lowest BCUT2D eigenvalue weighted by Gasteiger charge is -2.01. The quantitative estimate of drug-likeness (QED) is 0.544. The molecule has 0 spiro atoms. The summed E-state index contributed by atoms with van der Waals surface area (Å²) in [5.74, 6) is 0.546. The maximum Gasteiger partial charge on any atom is 0.131 e. The zero-order valence-electron chi connectivity index (χ0n) is 9.71.